The van der Waals surface area contributed by atoms with Crippen LogP contribution in [0.5, 0.6) is 0 Å². The lowest BCUT2D eigenvalue weighted by atomic mass is 10.1. The van der Waals surface area contributed by atoms with Gasteiger partial charge in [-0.15, -0.1) is 0 Å². The summed E-state index contributed by atoms with van der Waals surface area (Å²) in [6, 6.07) is 6.34. The Hall–Kier alpha value is -2.78. The second-order valence-corrected chi connectivity index (χ2v) is 4.82. The van der Waals surface area contributed by atoms with Crippen LogP contribution >= 0.6 is 0 Å². The number of alkyl halides is 3. The molecule has 10 heteroatoms. The van der Waals surface area contributed by atoms with Gasteiger partial charge in [0.2, 0.25) is 5.91 Å². The van der Waals surface area contributed by atoms with Crippen molar-refractivity contribution in [2.75, 3.05) is 25.0 Å². The van der Waals surface area contributed by atoms with E-state index in [1.165, 1.54) is 12.1 Å². The summed E-state index contributed by atoms with van der Waals surface area (Å²) >= 11 is 0. The zero-order valence-corrected chi connectivity index (χ0v) is 13.4. The molecule has 0 spiro atoms. The van der Waals surface area contributed by atoms with Crippen molar-refractivity contribution >= 4 is 23.6 Å². The summed E-state index contributed by atoms with van der Waals surface area (Å²) in [6.07, 6.45) is -6.09. The third-order valence-corrected chi connectivity index (χ3v) is 2.77. The zero-order chi connectivity index (χ0) is 18.9. The number of para-hydroxylation sites is 1. The molecule has 0 aromatic heterocycles. The van der Waals surface area contributed by atoms with Gasteiger partial charge in [-0.3, -0.25) is 9.59 Å². The van der Waals surface area contributed by atoms with Gasteiger partial charge in [0.25, 0.3) is 5.91 Å². The molecular weight excluding hydrogens is 343 g/mol. The van der Waals surface area contributed by atoms with Crippen LogP contribution in [-0.2, 0) is 9.53 Å². The zero-order valence-electron chi connectivity index (χ0n) is 13.4. The van der Waals surface area contributed by atoms with Crippen molar-refractivity contribution in [3.05, 3.63) is 29.8 Å². The number of carbonyl (C=O) groups is 3. The van der Waals surface area contributed by atoms with Crippen LogP contribution in [0.3, 0.4) is 0 Å². The van der Waals surface area contributed by atoms with Gasteiger partial charge in [0, 0.05) is 19.5 Å². The molecule has 0 saturated heterocycles. The smallest absolute Gasteiger partial charge is 0.422 e. The molecule has 138 valence electrons. The Bertz CT molecular complexity index is 620. The number of hydrogen-bond donors (Lipinski definition) is 3. The Morgan fingerprint density at radius 2 is 1.80 bits per heavy atom. The standard InChI is InChI=1S/C15H18F3N3O4/c1-2-19-13(23)10-5-3-4-6-11(10)21-12(22)7-8-20-14(24)25-9-15(16,17)18/h3-6H,2,7-9H2,1H3,(H,19,23)(H,20,24)(H,21,22). The quantitative estimate of drug-likeness (QED) is 0.693. The van der Waals surface area contributed by atoms with Crippen molar-refractivity contribution in [1.29, 1.82) is 0 Å². The summed E-state index contributed by atoms with van der Waals surface area (Å²) in [5, 5.41) is 7.14. The van der Waals surface area contributed by atoms with Gasteiger partial charge in [-0.2, -0.15) is 13.2 Å². The first-order chi connectivity index (χ1) is 11.7. The number of ether oxygens (including phenoxy) is 1. The van der Waals surface area contributed by atoms with Gasteiger partial charge in [0.1, 0.15) is 0 Å². The maximum Gasteiger partial charge on any atom is 0.422 e. The summed E-state index contributed by atoms with van der Waals surface area (Å²) < 4.78 is 39.5. The Balaban J connectivity index is 2.45. The molecule has 1 aromatic rings. The fourth-order valence-electron chi connectivity index (χ4n) is 1.74. The molecule has 0 aliphatic heterocycles. The third-order valence-electron chi connectivity index (χ3n) is 2.77. The first kappa shape index (κ1) is 20.3. The van der Waals surface area contributed by atoms with Gasteiger partial charge in [0.05, 0.1) is 11.3 Å². The molecule has 3 N–H and O–H groups in total. The van der Waals surface area contributed by atoms with Crippen LogP contribution in [0.1, 0.15) is 23.7 Å². The van der Waals surface area contributed by atoms with Crippen molar-refractivity contribution in [3.63, 3.8) is 0 Å². The largest absolute Gasteiger partial charge is 0.440 e. The minimum Gasteiger partial charge on any atom is -0.440 e. The van der Waals surface area contributed by atoms with Gasteiger partial charge in [-0.05, 0) is 19.1 Å². The molecule has 1 rings (SSSR count). The lowest BCUT2D eigenvalue weighted by Crippen LogP contribution is -2.31. The second kappa shape index (κ2) is 9.50. The van der Waals surface area contributed by atoms with Crippen LogP contribution in [0.15, 0.2) is 24.3 Å². The Labute approximate surface area is 141 Å². The number of amides is 3. The van der Waals surface area contributed by atoms with Crippen molar-refractivity contribution in [1.82, 2.24) is 10.6 Å². The van der Waals surface area contributed by atoms with E-state index in [9.17, 15) is 27.6 Å². The van der Waals surface area contributed by atoms with E-state index >= 15 is 0 Å². The minimum atomic E-state index is -4.61. The average molecular weight is 361 g/mol. The summed E-state index contributed by atoms with van der Waals surface area (Å²) in [7, 11) is 0. The summed E-state index contributed by atoms with van der Waals surface area (Å²) in [6.45, 7) is 0.254. The highest BCUT2D eigenvalue weighted by molar-refractivity contribution is 6.03. The normalized spacial score (nSPS) is 10.7. The maximum atomic E-state index is 11.9. The molecule has 0 heterocycles. The molecule has 0 saturated carbocycles. The van der Waals surface area contributed by atoms with Crippen LogP contribution in [0.25, 0.3) is 0 Å². The van der Waals surface area contributed by atoms with Gasteiger partial charge in [-0.25, -0.2) is 4.79 Å². The molecule has 1 aromatic carbocycles. The lowest BCUT2D eigenvalue weighted by molar-refractivity contribution is -0.160. The molecule has 0 unspecified atom stereocenters. The fourth-order valence-corrected chi connectivity index (χ4v) is 1.74. The summed E-state index contributed by atoms with van der Waals surface area (Å²) in [5.74, 6) is -0.875. The van der Waals surface area contributed by atoms with Crippen molar-refractivity contribution in [2.24, 2.45) is 0 Å². The van der Waals surface area contributed by atoms with Gasteiger partial charge >= 0.3 is 12.3 Å². The number of carbonyl (C=O) groups excluding carboxylic acids is 3. The van der Waals surface area contributed by atoms with Crippen LogP contribution in [-0.4, -0.2) is 43.8 Å². The summed E-state index contributed by atoms with van der Waals surface area (Å²) in [5.41, 5.74) is 0.563. The average Bonchev–Trinajstić information content (AvgIpc) is 2.53. The van der Waals surface area contributed by atoms with Crippen LogP contribution in [0.4, 0.5) is 23.7 Å². The van der Waals surface area contributed by atoms with E-state index in [2.05, 4.69) is 15.4 Å². The first-order valence-electron chi connectivity index (χ1n) is 7.37. The first-order valence-corrected chi connectivity index (χ1v) is 7.37. The van der Waals surface area contributed by atoms with Crippen molar-refractivity contribution in [2.45, 2.75) is 19.5 Å². The lowest BCUT2D eigenvalue weighted by Gasteiger charge is -2.11. The van der Waals surface area contributed by atoms with E-state index < -0.39 is 24.8 Å². The molecule has 0 radical (unpaired) electrons. The number of alkyl carbamates (subject to hydrolysis) is 1. The van der Waals surface area contributed by atoms with E-state index in [0.29, 0.717) is 6.54 Å². The molecule has 0 atom stereocenters. The number of benzene rings is 1. The third kappa shape index (κ3) is 8.04. The highest BCUT2D eigenvalue weighted by atomic mass is 19.4. The predicted molar refractivity (Wildman–Crippen MR) is 83.1 cm³/mol. The van der Waals surface area contributed by atoms with E-state index in [4.69, 9.17) is 0 Å². The SMILES string of the molecule is CCNC(=O)c1ccccc1NC(=O)CCNC(=O)OCC(F)(F)F. The van der Waals surface area contributed by atoms with Crippen molar-refractivity contribution < 1.29 is 32.3 Å². The van der Waals surface area contributed by atoms with Gasteiger partial charge in [-0.1, -0.05) is 12.1 Å². The monoisotopic (exact) mass is 361 g/mol. The maximum absolute atomic E-state index is 11.9. The molecule has 7 nitrogen and oxygen atoms in total. The highest BCUT2D eigenvalue weighted by Gasteiger charge is 2.29. The molecule has 0 fully saturated rings. The van der Waals surface area contributed by atoms with Crippen molar-refractivity contribution in [3.8, 4) is 0 Å². The number of nitrogens with one attached hydrogen (secondary N) is 3. The van der Waals surface area contributed by atoms with E-state index in [0.717, 1.165) is 0 Å². The minimum absolute atomic E-state index is 0.204. The Morgan fingerprint density at radius 3 is 2.44 bits per heavy atom. The molecule has 0 bridgehead atoms. The second-order valence-electron chi connectivity index (χ2n) is 4.82. The Morgan fingerprint density at radius 1 is 1.12 bits per heavy atom. The van der Waals surface area contributed by atoms with Gasteiger partial charge < -0.3 is 20.7 Å². The Kier molecular flexibility index (Phi) is 7.70. The predicted octanol–water partition coefficient (Wildman–Crippen LogP) is 2.05. The number of halogens is 3. The molecular formula is C15H18F3N3O4. The number of rotatable bonds is 7. The highest BCUT2D eigenvalue weighted by Crippen LogP contribution is 2.15. The van der Waals surface area contributed by atoms with Gasteiger partial charge in [0.15, 0.2) is 6.61 Å². The molecule has 0 aliphatic rings. The number of anilines is 1. The van der Waals surface area contributed by atoms with Crippen LogP contribution < -0.4 is 16.0 Å². The molecule has 3 amide bonds. The van der Waals surface area contributed by atoms with E-state index in [-0.39, 0.29) is 30.1 Å². The fraction of sp³-hybridized carbons (Fsp3) is 0.400. The van der Waals surface area contributed by atoms with Crippen LogP contribution in [0, 0.1) is 0 Å². The van der Waals surface area contributed by atoms with Crippen LogP contribution in [0.2, 0.25) is 0 Å². The summed E-state index contributed by atoms with van der Waals surface area (Å²) in [4.78, 5) is 34.7. The molecule has 25 heavy (non-hydrogen) atoms. The molecule has 0 aliphatic carbocycles. The topological polar surface area (TPSA) is 96.5 Å². The van der Waals surface area contributed by atoms with E-state index in [1.54, 1.807) is 19.1 Å². The van der Waals surface area contributed by atoms with E-state index in [1.807, 2.05) is 5.32 Å². The number of hydrogen-bond acceptors (Lipinski definition) is 4.